The van der Waals surface area contributed by atoms with Crippen LogP contribution in [0.5, 0.6) is 0 Å². The molecule has 3 rings (SSSR count). The molecule has 1 aromatic rings. The summed E-state index contributed by atoms with van der Waals surface area (Å²) in [6.45, 7) is 5.28. The highest BCUT2D eigenvalue weighted by atomic mass is 19.1. The van der Waals surface area contributed by atoms with Crippen LogP contribution in [-0.4, -0.2) is 41.4 Å². The van der Waals surface area contributed by atoms with Crippen molar-refractivity contribution >= 4 is 17.8 Å². The maximum Gasteiger partial charge on any atom is 0.326 e. The minimum atomic E-state index is -1.38. The number of hydrogen-bond acceptors (Lipinski definition) is 5. The van der Waals surface area contributed by atoms with Gasteiger partial charge in [0.15, 0.2) is 0 Å². The summed E-state index contributed by atoms with van der Waals surface area (Å²) >= 11 is 0. The maximum absolute atomic E-state index is 14.3. The van der Waals surface area contributed by atoms with Gasteiger partial charge in [0.25, 0.3) is 0 Å². The number of esters is 1. The maximum atomic E-state index is 14.3. The Kier molecular flexibility index (Phi) is 4.36. The van der Waals surface area contributed by atoms with Crippen LogP contribution >= 0.6 is 0 Å². The van der Waals surface area contributed by atoms with Crippen molar-refractivity contribution in [2.45, 2.75) is 32.4 Å². The standard InChI is InChI=1S/C18H21FN2O4/c1-4-21-15(22)12-13(16(21)23)18(3,17(24)25-5-2)20-14(12)10-8-6-7-9-11(10)19/h6-9,12-14,20H,4-5H2,1-3H3/t12-,13-,14-,18-/m1/s1. The van der Waals surface area contributed by atoms with Crippen LogP contribution in [0, 0.1) is 17.7 Å². The fourth-order valence-corrected chi connectivity index (χ4v) is 3.97. The lowest BCUT2D eigenvalue weighted by atomic mass is 9.80. The summed E-state index contributed by atoms with van der Waals surface area (Å²) in [6.07, 6.45) is 0. The quantitative estimate of drug-likeness (QED) is 0.658. The first kappa shape index (κ1) is 17.5. The summed E-state index contributed by atoms with van der Waals surface area (Å²) in [6, 6.07) is 5.30. The summed E-state index contributed by atoms with van der Waals surface area (Å²) in [4.78, 5) is 39.3. The van der Waals surface area contributed by atoms with E-state index in [1.165, 1.54) is 6.07 Å². The normalized spacial score (nSPS) is 31.4. The van der Waals surface area contributed by atoms with Crippen molar-refractivity contribution in [1.82, 2.24) is 10.2 Å². The Hall–Kier alpha value is -2.28. The third kappa shape index (κ3) is 2.45. The van der Waals surface area contributed by atoms with E-state index < -0.39 is 41.1 Å². The van der Waals surface area contributed by atoms with E-state index >= 15 is 0 Å². The average molecular weight is 348 g/mol. The number of carbonyl (C=O) groups is 3. The molecule has 4 atom stereocenters. The second kappa shape index (κ2) is 6.22. The van der Waals surface area contributed by atoms with Crippen LogP contribution in [0.4, 0.5) is 4.39 Å². The second-order valence-corrected chi connectivity index (χ2v) is 6.49. The lowest BCUT2D eigenvalue weighted by Crippen LogP contribution is -2.54. The van der Waals surface area contributed by atoms with E-state index in [9.17, 15) is 18.8 Å². The van der Waals surface area contributed by atoms with E-state index in [2.05, 4.69) is 5.32 Å². The number of likely N-dealkylation sites (tertiary alicyclic amines) is 1. The van der Waals surface area contributed by atoms with Crippen LogP contribution in [0.1, 0.15) is 32.4 Å². The largest absolute Gasteiger partial charge is 0.465 e. The number of hydrogen-bond donors (Lipinski definition) is 1. The fraction of sp³-hybridized carbons (Fsp3) is 0.500. The lowest BCUT2D eigenvalue weighted by Gasteiger charge is -2.28. The predicted molar refractivity (Wildman–Crippen MR) is 86.7 cm³/mol. The Labute approximate surface area is 145 Å². The van der Waals surface area contributed by atoms with Crippen molar-refractivity contribution in [3.63, 3.8) is 0 Å². The number of rotatable bonds is 4. The highest BCUT2D eigenvalue weighted by molar-refractivity contribution is 6.09. The van der Waals surface area contributed by atoms with Gasteiger partial charge in [0.05, 0.1) is 18.4 Å². The molecule has 0 radical (unpaired) electrons. The van der Waals surface area contributed by atoms with Gasteiger partial charge in [-0.1, -0.05) is 18.2 Å². The molecule has 134 valence electrons. The van der Waals surface area contributed by atoms with Gasteiger partial charge < -0.3 is 4.74 Å². The first-order valence-electron chi connectivity index (χ1n) is 8.41. The van der Waals surface area contributed by atoms with E-state index in [0.29, 0.717) is 0 Å². The second-order valence-electron chi connectivity index (χ2n) is 6.49. The number of carbonyl (C=O) groups excluding carboxylic acids is 3. The van der Waals surface area contributed by atoms with Gasteiger partial charge >= 0.3 is 5.97 Å². The molecule has 7 heteroatoms. The Morgan fingerprint density at radius 2 is 1.96 bits per heavy atom. The van der Waals surface area contributed by atoms with Crippen molar-refractivity contribution in [1.29, 1.82) is 0 Å². The molecule has 25 heavy (non-hydrogen) atoms. The molecule has 6 nitrogen and oxygen atoms in total. The summed E-state index contributed by atoms with van der Waals surface area (Å²) < 4.78 is 19.5. The Morgan fingerprint density at radius 1 is 1.28 bits per heavy atom. The third-order valence-electron chi connectivity index (χ3n) is 5.13. The van der Waals surface area contributed by atoms with Gasteiger partial charge in [-0.15, -0.1) is 0 Å². The Bertz CT molecular complexity index is 738. The van der Waals surface area contributed by atoms with Gasteiger partial charge in [-0.05, 0) is 26.8 Å². The number of benzene rings is 1. The molecule has 1 N–H and O–H groups in total. The molecule has 2 saturated heterocycles. The predicted octanol–water partition coefficient (Wildman–Crippen LogP) is 1.41. The highest BCUT2D eigenvalue weighted by Crippen LogP contribution is 2.49. The Morgan fingerprint density at radius 3 is 2.56 bits per heavy atom. The van der Waals surface area contributed by atoms with Crippen LogP contribution < -0.4 is 5.32 Å². The number of amides is 2. The van der Waals surface area contributed by atoms with E-state index in [4.69, 9.17) is 4.74 Å². The first-order chi connectivity index (χ1) is 11.9. The Balaban J connectivity index is 2.11. The topological polar surface area (TPSA) is 75.7 Å². The molecule has 0 unspecified atom stereocenters. The molecule has 0 saturated carbocycles. The molecular weight excluding hydrogens is 327 g/mol. The summed E-state index contributed by atoms with van der Waals surface area (Å²) in [7, 11) is 0. The lowest BCUT2D eigenvalue weighted by molar-refractivity contribution is -0.155. The van der Waals surface area contributed by atoms with E-state index in [1.54, 1.807) is 39.0 Å². The van der Waals surface area contributed by atoms with Crippen LogP contribution in [0.2, 0.25) is 0 Å². The van der Waals surface area contributed by atoms with Gasteiger partial charge in [0, 0.05) is 18.2 Å². The minimum Gasteiger partial charge on any atom is -0.465 e. The molecule has 0 aliphatic carbocycles. The summed E-state index contributed by atoms with van der Waals surface area (Å²) in [5.41, 5.74) is -1.12. The number of halogens is 1. The molecule has 0 aromatic heterocycles. The smallest absolute Gasteiger partial charge is 0.326 e. The van der Waals surface area contributed by atoms with Gasteiger partial charge in [-0.2, -0.15) is 0 Å². The van der Waals surface area contributed by atoms with Gasteiger partial charge in [-0.3, -0.25) is 24.6 Å². The summed E-state index contributed by atoms with van der Waals surface area (Å²) in [5, 5.41) is 3.03. The highest BCUT2D eigenvalue weighted by Gasteiger charge is 2.66. The van der Waals surface area contributed by atoms with Crippen molar-refractivity contribution < 1.29 is 23.5 Å². The molecule has 2 aliphatic rings. The van der Waals surface area contributed by atoms with Crippen molar-refractivity contribution in [2.24, 2.45) is 11.8 Å². The zero-order chi connectivity index (χ0) is 18.4. The van der Waals surface area contributed by atoms with Gasteiger partial charge in [0.1, 0.15) is 11.4 Å². The molecule has 2 aliphatic heterocycles. The summed E-state index contributed by atoms with van der Waals surface area (Å²) in [5.74, 6) is -3.64. The van der Waals surface area contributed by atoms with E-state index in [-0.39, 0.29) is 24.6 Å². The van der Waals surface area contributed by atoms with Crippen LogP contribution in [0.15, 0.2) is 24.3 Å². The van der Waals surface area contributed by atoms with Gasteiger partial charge in [-0.25, -0.2) is 4.39 Å². The fourth-order valence-electron chi connectivity index (χ4n) is 3.97. The van der Waals surface area contributed by atoms with Crippen LogP contribution in [0.3, 0.4) is 0 Å². The molecule has 1 aromatic carbocycles. The average Bonchev–Trinajstić information content (AvgIpc) is 3.03. The van der Waals surface area contributed by atoms with Gasteiger partial charge in [0.2, 0.25) is 11.8 Å². The zero-order valence-corrected chi connectivity index (χ0v) is 14.4. The van der Waals surface area contributed by atoms with E-state index in [0.717, 1.165) is 4.90 Å². The molecule has 2 fully saturated rings. The molecule has 2 amide bonds. The third-order valence-corrected chi connectivity index (χ3v) is 5.13. The number of ether oxygens (including phenoxy) is 1. The van der Waals surface area contributed by atoms with Crippen molar-refractivity contribution in [3.05, 3.63) is 35.6 Å². The molecule has 0 spiro atoms. The number of fused-ring (bicyclic) bond motifs is 1. The van der Waals surface area contributed by atoms with Crippen molar-refractivity contribution in [3.8, 4) is 0 Å². The minimum absolute atomic E-state index is 0.150. The SMILES string of the molecule is CCOC(=O)[C@]1(C)N[C@H](c2ccccc2F)[C@@H]2C(=O)N(CC)C(=O)[C@@H]21. The van der Waals surface area contributed by atoms with Crippen LogP contribution in [0.25, 0.3) is 0 Å². The molecular formula is C18H21FN2O4. The van der Waals surface area contributed by atoms with Crippen molar-refractivity contribution in [2.75, 3.05) is 13.2 Å². The number of nitrogens with one attached hydrogen (secondary N) is 1. The molecule has 0 bridgehead atoms. The van der Waals surface area contributed by atoms with Crippen LogP contribution in [-0.2, 0) is 19.1 Å². The van der Waals surface area contributed by atoms with E-state index in [1.807, 2.05) is 0 Å². The number of nitrogens with zero attached hydrogens (tertiary/aromatic N) is 1. The molecule has 2 heterocycles. The monoisotopic (exact) mass is 348 g/mol. The zero-order valence-electron chi connectivity index (χ0n) is 14.4. The number of imide groups is 1. The first-order valence-corrected chi connectivity index (χ1v) is 8.41.